The number of benzene rings is 1. The van der Waals surface area contributed by atoms with Crippen LogP contribution in [0.4, 0.5) is 0 Å². The lowest BCUT2D eigenvalue weighted by Gasteiger charge is -2.18. The second-order valence-corrected chi connectivity index (χ2v) is 5.11. The molecule has 0 amide bonds. The van der Waals surface area contributed by atoms with Gasteiger partial charge in [-0.2, -0.15) is 0 Å². The van der Waals surface area contributed by atoms with Crippen molar-refractivity contribution in [2.75, 3.05) is 0 Å². The van der Waals surface area contributed by atoms with E-state index >= 15 is 0 Å². The Morgan fingerprint density at radius 1 is 1.16 bits per heavy atom. The van der Waals surface area contributed by atoms with Gasteiger partial charge in [0, 0.05) is 12.6 Å². The van der Waals surface area contributed by atoms with Gasteiger partial charge in [-0.15, -0.1) is 0 Å². The Morgan fingerprint density at radius 2 is 1.95 bits per heavy atom. The molecular weight excluding hydrogens is 236 g/mol. The summed E-state index contributed by atoms with van der Waals surface area (Å²) in [5.74, 6) is 0.963. The Labute approximate surface area is 113 Å². The number of aromatic hydroxyl groups is 1. The van der Waals surface area contributed by atoms with E-state index in [9.17, 15) is 5.11 Å². The van der Waals surface area contributed by atoms with Crippen LogP contribution in [-0.2, 0) is 6.54 Å². The zero-order valence-corrected chi connectivity index (χ0v) is 10.8. The third-order valence-electron chi connectivity index (χ3n) is 3.56. The van der Waals surface area contributed by atoms with Crippen molar-refractivity contribution in [3.05, 3.63) is 59.9 Å². The first-order valence-corrected chi connectivity index (χ1v) is 6.75. The van der Waals surface area contributed by atoms with Gasteiger partial charge in [0.25, 0.3) is 0 Å². The van der Waals surface area contributed by atoms with Gasteiger partial charge in [-0.05, 0) is 36.5 Å². The Bertz CT molecular complexity index is 520. The van der Waals surface area contributed by atoms with Crippen molar-refractivity contribution in [2.45, 2.75) is 25.4 Å². The summed E-state index contributed by atoms with van der Waals surface area (Å²) >= 11 is 0. The number of nitrogens with one attached hydrogen (secondary N) is 1. The van der Waals surface area contributed by atoms with Crippen molar-refractivity contribution in [1.82, 2.24) is 10.3 Å². The summed E-state index contributed by atoms with van der Waals surface area (Å²) in [5.41, 5.74) is 2.31. The molecule has 0 bridgehead atoms. The summed E-state index contributed by atoms with van der Waals surface area (Å²) in [6, 6.07) is 14.5. The Balaban J connectivity index is 1.67. The molecule has 1 saturated carbocycles. The second-order valence-electron chi connectivity index (χ2n) is 5.11. The Morgan fingerprint density at radius 3 is 2.58 bits per heavy atom. The van der Waals surface area contributed by atoms with E-state index in [0.29, 0.717) is 6.04 Å². The van der Waals surface area contributed by atoms with E-state index in [1.807, 2.05) is 6.07 Å². The first kappa shape index (κ1) is 12.2. The molecule has 1 fully saturated rings. The minimum absolute atomic E-state index is 0.213. The maximum absolute atomic E-state index is 9.23. The molecule has 1 aliphatic rings. The summed E-state index contributed by atoms with van der Waals surface area (Å²) in [7, 11) is 0. The van der Waals surface area contributed by atoms with Crippen molar-refractivity contribution in [2.24, 2.45) is 5.92 Å². The van der Waals surface area contributed by atoms with Crippen LogP contribution in [-0.4, -0.2) is 10.1 Å². The summed E-state index contributed by atoms with van der Waals surface area (Å²) < 4.78 is 0. The minimum Gasteiger partial charge on any atom is -0.506 e. The smallest absolute Gasteiger partial charge is 0.133 e. The van der Waals surface area contributed by atoms with Crippen molar-refractivity contribution in [3.63, 3.8) is 0 Å². The molecule has 0 radical (unpaired) electrons. The van der Waals surface area contributed by atoms with E-state index in [-0.39, 0.29) is 5.75 Å². The van der Waals surface area contributed by atoms with Gasteiger partial charge in [0.15, 0.2) is 0 Å². The average Bonchev–Trinajstić information content (AvgIpc) is 3.27. The van der Waals surface area contributed by atoms with Gasteiger partial charge in [-0.3, -0.25) is 4.98 Å². The fourth-order valence-corrected chi connectivity index (χ4v) is 2.38. The molecule has 1 aromatic heterocycles. The van der Waals surface area contributed by atoms with Crippen molar-refractivity contribution >= 4 is 0 Å². The zero-order chi connectivity index (χ0) is 13.1. The topological polar surface area (TPSA) is 45.1 Å². The van der Waals surface area contributed by atoms with Crippen molar-refractivity contribution in [1.29, 1.82) is 0 Å². The molecule has 1 atom stereocenters. The highest BCUT2D eigenvalue weighted by Gasteiger charge is 2.31. The van der Waals surface area contributed by atoms with Gasteiger partial charge in [-0.1, -0.05) is 30.3 Å². The van der Waals surface area contributed by atoms with E-state index in [4.69, 9.17) is 0 Å². The number of pyridine rings is 1. The van der Waals surface area contributed by atoms with E-state index in [2.05, 4.69) is 40.6 Å². The van der Waals surface area contributed by atoms with Crippen LogP contribution >= 0.6 is 0 Å². The molecule has 3 nitrogen and oxygen atoms in total. The molecular formula is C16H18N2O. The standard InChI is InChI=1S/C16H18N2O/c19-15-9-8-14(17-11-15)10-18-16(13-6-7-13)12-4-2-1-3-5-12/h1-5,8-9,11,13,16,18-19H,6-7,10H2. The number of aromatic nitrogens is 1. The largest absolute Gasteiger partial charge is 0.506 e. The lowest BCUT2D eigenvalue weighted by atomic mass is 10.0. The second kappa shape index (κ2) is 5.41. The fourth-order valence-electron chi connectivity index (χ4n) is 2.38. The molecule has 3 rings (SSSR count). The lowest BCUT2D eigenvalue weighted by molar-refractivity contribution is 0.465. The average molecular weight is 254 g/mol. The predicted octanol–water partition coefficient (Wildman–Crippen LogP) is 3.03. The van der Waals surface area contributed by atoms with Crippen LogP contribution in [0, 0.1) is 5.92 Å². The van der Waals surface area contributed by atoms with Gasteiger partial charge in [0.1, 0.15) is 5.75 Å². The highest BCUT2D eigenvalue weighted by atomic mass is 16.3. The molecule has 0 spiro atoms. The van der Waals surface area contributed by atoms with E-state index < -0.39 is 0 Å². The highest BCUT2D eigenvalue weighted by Crippen LogP contribution is 2.41. The van der Waals surface area contributed by atoms with Gasteiger partial charge in [0.2, 0.25) is 0 Å². The highest BCUT2D eigenvalue weighted by molar-refractivity contribution is 5.22. The van der Waals surface area contributed by atoms with Crippen LogP contribution in [0.5, 0.6) is 5.75 Å². The molecule has 0 aliphatic heterocycles. The van der Waals surface area contributed by atoms with E-state index in [1.165, 1.54) is 24.6 Å². The molecule has 1 aromatic carbocycles. The zero-order valence-electron chi connectivity index (χ0n) is 10.8. The number of hydrogen-bond donors (Lipinski definition) is 2. The third-order valence-corrected chi connectivity index (χ3v) is 3.56. The first-order valence-electron chi connectivity index (χ1n) is 6.75. The molecule has 2 N–H and O–H groups in total. The fraction of sp³-hybridized carbons (Fsp3) is 0.312. The van der Waals surface area contributed by atoms with Gasteiger partial charge in [-0.25, -0.2) is 0 Å². The lowest BCUT2D eigenvalue weighted by Crippen LogP contribution is -2.23. The van der Waals surface area contributed by atoms with Crippen LogP contribution in [0.15, 0.2) is 48.7 Å². The molecule has 3 heteroatoms. The van der Waals surface area contributed by atoms with Crippen molar-refractivity contribution in [3.8, 4) is 5.75 Å². The van der Waals surface area contributed by atoms with Gasteiger partial charge in [0.05, 0.1) is 11.9 Å². The van der Waals surface area contributed by atoms with Crippen LogP contribution in [0.2, 0.25) is 0 Å². The quantitative estimate of drug-likeness (QED) is 0.862. The maximum Gasteiger partial charge on any atom is 0.133 e. The Kier molecular flexibility index (Phi) is 3.47. The number of nitrogens with zero attached hydrogens (tertiary/aromatic N) is 1. The summed E-state index contributed by atoms with van der Waals surface area (Å²) in [6.07, 6.45) is 4.09. The predicted molar refractivity (Wildman–Crippen MR) is 74.6 cm³/mol. The summed E-state index contributed by atoms with van der Waals surface area (Å²) in [5, 5.41) is 12.8. The van der Waals surface area contributed by atoms with E-state index in [0.717, 1.165) is 18.2 Å². The minimum atomic E-state index is 0.213. The molecule has 1 unspecified atom stereocenters. The summed E-state index contributed by atoms with van der Waals surface area (Å²) in [6.45, 7) is 0.732. The number of rotatable bonds is 5. The normalized spacial score (nSPS) is 16.2. The maximum atomic E-state index is 9.23. The molecule has 98 valence electrons. The van der Waals surface area contributed by atoms with Crippen LogP contribution < -0.4 is 5.32 Å². The van der Waals surface area contributed by atoms with Crippen molar-refractivity contribution < 1.29 is 5.11 Å². The molecule has 0 saturated heterocycles. The molecule has 19 heavy (non-hydrogen) atoms. The first-order chi connectivity index (χ1) is 9.33. The van der Waals surface area contributed by atoms with Crippen LogP contribution in [0.25, 0.3) is 0 Å². The third kappa shape index (κ3) is 3.12. The van der Waals surface area contributed by atoms with Crippen LogP contribution in [0.3, 0.4) is 0 Å². The van der Waals surface area contributed by atoms with Gasteiger partial charge >= 0.3 is 0 Å². The summed E-state index contributed by atoms with van der Waals surface area (Å²) in [4.78, 5) is 4.21. The number of hydrogen-bond acceptors (Lipinski definition) is 3. The SMILES string of the molecule is Oc1ccc(CNC(c2ccccc2)C2CC2)nc1. The van der Waals surface area contributed by atoms with E-state index in [1.54, 1.807) is 6.07 Å². The monoisotopic (exact) mass is 254 g/mol. The Hall–Kier alpha value is -1.87. The molecule has 1 aliphatic carbocycles. The molecule has 2 aromatic rings. The van der Waals surface area contributed by atoms with Gasteiger partial charge < -0.3 is 10.4 Å². The van der Waals surface area contributed by atoms with Crippen LogP contribution in [0.1, 0.15) is 30.1 Å². The molecule has 1 heterocycles.